The molecule has 0 spiro atoms. The molecule has 0 saturated carbocycles. The quantitative estimate of drug-likeness (QED) is 0.702. The van der Waals surface area contributed by atoms with Crippen molar-refractivity contribution in [2.45, 2.75) is 32.8 Å². The van der Waals surface area contributed by atoms with Gasteiger partial charge in [0.05, 0.1) is 12.2 Å². The minimum Gasteiger partial charge on any atom is -0.378 e. The van der Waals surface area contributed by atoms with Gasteiger partial charge in [-0.1, -0.05) is 0 Å². The average molecular weight is 210 g/mol. The molecule has 1 saturated heterocycles. The Bertz CT molecular complexity index is 252. The standard InChI is InChI=1S/C11H18N2O2/c1-3-15-10-4-6-13(7-5-10)11(14)9(2)8-12/h9-10H,3-7H2,1-2H3. The van der Waals surface area contributed by atoms with E-state index in [0.29, 0.717) is 0 Å². The lowest BCUT2D eigenvalue weighted by atomic mass is 10.1. The number of nitrogens with zero attached hydrogens (tertiary/aromatic N) is 2. The highest BCUT2D eigenvalue weighted by Crippen LogP contribution is 2.15. The summed E-state index contributed by atoms with van der Waals surface area (Å²) in [7, 11) is 0. The molecule has 0 radical (unpaired) electrons. The lowest BCUT2D eigenvalue weighted by Crippen LogP contribution is -2.42. The number of piperidine rings is 1. The van der Waals surface area contributed by atoms with Gasteiger partial charge in [0.25, 0.3) is 0 Å². The highest BCUT2D eigenvalue weighted by atomic mass is 16.5. The Morgan fingerprint density at radius 1 is 1.60 bits per heavy atom. The van der Waals surface area contributed by atoms with E-state index in [4.69, 9.17) is 10.00 Å². The minimum absolute atomic E-state index is 0.0487. The minimum atomic E-state index is -0.520. The Hall–Kier alpha value is -1.08. The summed E-state index contributed by atoms with van der Waals surface area (Å²) in [5.74, 6) is -0.568. The maximum Gasteiger partial charge on any atom is 0.239 e. The summed E-state index contributed by atoms with van der Waals surface area (Å²) in [6.45, 7) is 5.80. The van der Waals surface area contributed by atoms with Gasteiger partial charge in [-0.3, -0.25) is 4.79 Å². The number of carbonyl (C=O) groups excluding carboxylic acids is 1. The van der Waals surface area contributed by atoms with Gasteiger partial charge in [-0.2, -0.15) is 5.26 Å². The van der Waals surface area contributed by atoms with E-state index < -0.39 is 5.92 Å². The second-order valence-electron chi connectivity index (χ2n) is 3.83. The lowest BCUT2D eigenvalue weighted by Gasteiger charge is -2.32. The van der Waals surface area contributed by atoms with Crippen molar-refractivity contribution in [2.24, 2.45) is 5.92 Å². The predicted octanol–water partition coefficient (Wildman–Crippen LogP) is 1.17. The molecule has 1 rings (SSSR count). The van der Waals surface area contributed by atoms with Crippen LogP contribution in [0.3, 0.4) is 0 Å². The van der Waals surface area contributed by atoms with Gasteiger partial charge in [0, 0.05) is 19.7 Å². The molecule has 0 aromatic rings. The SMILES string of the molecule is CCOC1CCN(C(=O)C(C)C#N)CC1. The van der Waals surface area contributed by atoms with Gasteiger partial charge in [-0.25, -0.2) is 0 Å². The van der Waals surface area contributed by atoms with Gasteiger partial charge in [0.1, 0.15) is 5.92 Å². The first-order chi connectivity index (χ1) is 7.19. The van der Waals surface area contributed by atoms with Crippen LogP contribution in [0, 0.1) is 17.2 Å². The first kappa shape index (κ1) is 12.0. The van der Waals surface area contributed by atoms with Gasteiger partial charge < -0.3 is 9.64 Å². The van der Waals surface area contributed by atoms with Crippen LogP contribution in [0.5, 0.6) is 0 Å². The van der Waals surface area contributed by atoms with Crippen molar-refractivity contribution in [3.8, 4) is 6.07 Å². The van der Waals surface area contributed by atoms with Crippen LogP contribution in [-0.2, 0) is 9.53 Å². The van der Waals surface area contributed by atoms with Crippen LogP contribution in [0.1, 0.15) is 26.7 Å². The zero-order valence-electron chi connectivity index (χ0n) is 9.40. The van der Waals surface area contributed by atoms with Crippen molar-refractivity contribution >= 4 is 5.91 Å². The smallest absolute Gasteiger partial charge is 0.239 e. The van der Waals surface area contributed by atoms with Crippen molar-refractivity contribution in [2.75, 3.05) is 19.7 Å². The number of hydrogen-bond acceptors (Lipinski definition) is 3. The molecular weight excluding hydrogens is 192 g/mol. The lowest BCUT2D eigenvalue weighted by molar-refractivity contribution is -0.135. The molecule has 0 aromatic carbocycles. The normalized spacial score (nSPS) is 19.7. The Morgan fingerprint density at radius 2 is 2.20 bits per heavy atom. The molecule has 84 valence electrons. The van der Waals surface area contributed by atoms with E-state index in [1.54, 1.807) is 11.8 Å². The molecule has 0 aliphatic carbocycles. The van der Waals surface area contributed by atoms with Crippen molar-refractivity contribution in [3.63, 3.8) is 0 Å². The van der Waals surface area contributed by atoms with Gasteiger partial charge in [-0.05, 0) is 26.7 Å². The summed E-state index contributed by atoms with van der Waals surface area (Å²) in [5, 5.41) is 8.65. The second-order valence-corrected chi connectivity index (χ2v) is 3.83. The third kappa shape index (κ3) is 3.21. The fourth-order valence-electron chi connectivity index (χ4n) is 1.81. The van der Waals surface area contributed by atoms with Crippen molar-refractivity contribution in [1.29, 1.82) is 5.26 Å². The van der Waals surface area contributed by atoms with E-state index >= 15 is 0 Å². The molecule has 1 aliphatic heterocycles. The van der Waals surface area contributed by atoms with Crippen LogP contribution in [0.4, 0.5) is 0 Å². The first-order valence-electron chi connectivity index (χ1n) is 5.49. The fraction of sp³-hybridized carbons (Fsp3) is 0.818. The highest BCUT2D eigenvalue weighted by Gasteiger charge is 2.25. The van der Waals surface area contributed by atoms with Crippen molar-refractivity contribution in [1.82, 2.24) is 4.90 Å². The van der Waals surface area contributed by atoms with E-state index in [1.165, 1.54) is 0 Å². The van der Waals surface area contributed by atoms with Gasteiger partial charge in [0.2, 0.25) is 5.91 Å². The molecule has 0 aromatic heterocycles. The molecular formula is C11H18N2O2. The molecule has 4 nitrogen and oxygen atoms in total. The number of rotatable bonds is 3. The summed E-state index contributed by atoms with van der Waals surface area (Å²) < 4.78 is 5.49. The maximum absolute atomic E-state index is 11.7. The molecule has 1 fully saturated rings. The third-order valence-electron chi connectivity index (χ3n) is 2.72. The van der Waals surface area contributed by atoms with Crippen LogP contribution in [0.2, 0.25) is 0 Å². The van der Waals surface area contributed by atoms with E-state index in [9.17, 15) is 4.79 Å². The highest BCUT2D eigenvalue weighted by molar-refractivity contribution is 5.80. The topological polar surface area (TPSA) is 53.3 Å². The van der Waals surface area contributed by atoms with E-state index in [1.807, 2.05) is 13.0 Å². The van der Waals surface area contributed by atoms with Crippen LogP contribution in [0.25, 0.3) is 0 Å². The molecule has 0 N–H and O–H groups in total. The Labute approximate surface area is 90.8 Å². The largest absolute Gasteiger partial charge is 0.378 e. The first-order valence-corrected chi connectivity index (χ1v) is 5.49. The van der Waals surface area contributed by atoms with E-state index in [-0.39, 0.29) is 12.0 Å². The van der Waals surface area contributed by atoms with Crippen LogP contribution in [-0.4, -0.2) is 36.6 Å². The zero-order valence-corrected chi connectivity index (χ0v) is 9.40. The maximum atomic E-state index is 11.7. The number of likely N-dealkylation sites (tertiary alicyclic amines) is 1. The summed E-state index contributed by atoms with van der Waals surface area (Å²) in [4.78, 5) is 13.4. The van der Waals surface area contributed by atoms with Crippen LogP contribution in [0.15, 0.2) is 0 Å². The molecule has 1 atom stereocenters. The predicted molar refractivity (Wildman–Crippen MR) is 56.0 cm³/mol. The number of hydrogen-bond donors (Lipinski definition) is 0. The van der Waals surface area contributed by atoms with Gasteiger partial charge in [0.15, 0.2) is 0 Å². The van der Waals surface area contributed by atoms with E-state index in [0.717, 1.165) is 32.5 Å². The molecule has 1 unspecified atom stereocenters. The molecule has 1 amide bonds. The van der Waals surface area contributed by atoms with Gasteiger partial charge >= 0.3 is 0 Å². The molecule has 0 bridgehead atoms. The Balaban J connectivity index is 2.37. The molecule has 15 heavy (non-hydrogen) atoms. The fourth-order valence-corrected chi connectivity index (χ4v) is 1.81. The second kappa shape index (κ2) is 5.72. The molecule has 1 heterocycles. The molecule has 4 heteroatoms. The van der Waals surface area contributed by atoms with Crippen LogP contribution < -0.4 is 0 Å². The number of ether oxygens (including phenoxy) is 1. The Kier molecular flexibility index (Phi) is 4.57. The third-order valence-corrected chi connectivity index (χ3v) is 2.72. The van der Waals surface area contributed by atoms with Crippen molar-refractivity contribution < 1.29 is 9.53 Å². The van der Waals surface area contributed by atoms with Gasteiger partial charge in [-0.15, -0.1) is 0 Å². The summed E-state index contributed by atoms with van der Waals surface area (Å²) in [6, 6.07) is 1.98. The number of amides is 1. The monoisotopic (exact) mass is 210 g/mol. The average Bonchev–Trinajstić information content (AvgIpc) is 2.28. The number of nitriles is 1. The Morgan fingerprint density at radius 3 is 2.67 bits per heavy atom. The summed E-state index contributed by atoms with van der Waals surface area (Å²) in [6.07, 6.45) is 2.06. The van der Waals surface area contributed by atoms with E-state index in [2.05, 4.69) is 0 Å². The number of carbonyl (C=O) groups is 1. The van der Waals surface area contributed by atoms with Crippen molar-refractivity contribution in [3.05, 3.63) is 0 Å². The zero-order chi connectivity index (χ0) is 11.3. The van der Waals surface area contributed by atoms with Crippen LogP contribution >= 0.6 is 0 Å². The molecule has 1 aliphatic rings. The summed E-state index contributed by atoms with van der Waals surface area (Å²) >= 11 is 0. The summed E-state index contributed by atoms with van der Waals surface area (Å²) in [5.41, 5.74) is 0.